The summed E-state index contributed by atoms with van der Waals surface area (Å²) < 4.78 is 11.3. The molecule has 0 aromatic heterocycles. The number of hydrogen-bond acceptors (Lipinski definition) is 4. The van der Waals surface area contributed by atoms with Crippen molar-refractivity contribution in [1.29, 1.82) is 0 Å². The van der Waals surface area contributed by atoms with Crippen LogP contribution in [0.15, 0.2) is 18.2 Å². The Balaban J connectivity index is 2.01. The highest BCUT2D eigenvalue weighted by Crippen LogP contribution is 2.32. The summed E-state index contributed by atoms with van der Waals surface area (Å²) in [5.74, 6) is -0.187. The van der Waals surface area contributed by atoms with E-state index in [0.29, 0.717) is 25.3 Å². The average Bonchev–Trinajstić information content (AvgIpc) is 2.98. The SMILES string of the molecule is CCCCCOc1c(CCN2CC(C(=O)O)CC2=O)cccc1OC. The molecule has 6 heteroatoms. The molecule has 0 radical (unpaired) electrons. The predicted octanol–water partition coefficient (Wildman–Crippen LogP) is 2.74. The van der Waals surface area contributed by atoms with Crippen LogP contribution in [0.2, 0.25) is 0 Å². The number of carboxylic acid groups (broad SMARTS) is 1. The quantitative estimate of drug-likeness (QED) is 0.657. The second-order valence-electron chi connectivity index (χ2n) is 6.33. The third kappa shape index (κ3) is 5.11. The van der Waals surface area contributed by atoms with Crippen LogP contribution in [-0.2, 0) is 16.0 Å². The number of rotatable bonds is 10. The molecule has 6 nitrogen and oxygen atoms in total. The van der Waals surface area contributed by atoms with Gasteiger partial charge in [-0.15, -0.1) is 0 Å². The molecule has 0 saturated carbocycles. The standard InChI is InChI=1S/C19H27NO5/c1-3-4-5-11-25-18-14(7-6-8-16(18)24-2)9-10-20-13-15(19(22)23)12-17(20)21/h6-8,15H,3-5,9-13H2,1-2H3,(H,22,23). The van der Waals surface area contributed by atoms with Gasteiger partial charge in [-0.1, -0.05) is 31.9 Å². The Bertz CT molecular complexity index is 601. The Kier molecular flexibility index (Phi) is 7.10. The van der Waals surface area contributed by atoms with Gasteiger partial charge in [0.2, 0.25) is 5.91 Å². The van der Waals surface area contributed by atoms with E-state index in [-0.39, 0.29) is 18.9 Å². The molecule has 1 saturated heterocycles. The Morgan fingerprint density at radius 1 is 1.36 bits per heavy atom. The molecule has 1 N–H and O–H groups in total. The average molecular weight is 349 g/mol. The normalized spacial score (nSPS) is 17.0. The van der Waals surface area contributed by atoms with Gasteiger partial charge in [0.1, 0.15) is 0 Å². The number of carbonyl (C=O) groups excluding carboxylic acids is 1. The van der Waals surface area contributed by atoms with Crippen LogP contribution < -0.4 is 9.47 Å². The van der Waals surface area contributed by atoms with E-state index >= 15 is 0 Å². The molecule has 25 heavy (non-hydrogen) atoms. The maximum atomic E-state index is 12.0. The Hall–Kier alpha value is -2.24. The maximum absolute atomic E-state index is 12.0. The molecule has 1 aromatic carbocycles. The number of unbranched alkanes of at least 4 members (excludes halogenated alkanes) is 2. The van der Waals surface area contributed by atoms with Gasteiger partial charge in [-0.2, -0.15) is 0 Å². The molecule has 0 aliphatic carbocycles. The zero-order chi connectivity index (χ0) is 18.2. The van der Waals surface area contributed by atoms with Crippen LogP contribution in [0.25, 0.3) is 0 Å². The Morgan fingerprint density at radius 2 is 2.16 bits per heavy atom. The van der Waals surface area contributed by atoms with Crippen LogP contribution in [0.3, 0.4) is 0 Å². The van der Waals surface area contributed by atoms with E-state index in [0.717, 1.165) is 30.6 Å². The monoisotopic (exact) mass is 349 g/mol. The van der Waals surface area contributed by atoms with Crippen molar-refractivity contribution in [3.05, 3.63) is 23.8 Å². The molecule has 1 fully saturated rings. The first-order valence-electron chi connectivity index (χ1n) is 8.86. The third-order valence-corrected chi connectivity index (χ3v) is 4.49. The molecule has 0 spiro atoms. The van der Waals surface area contributed by atoms with E-state index in [4.69, 9.17) is 14.6 Å². The summed E-state index contributed by atoms with van der Waals surface area (Å²) in [4.78, 5) is 24.7. The lowest BCUT2D eigenvalue weighted by atomic mass is 10.1. The van der Waals surface area contributed by atoms with E-state index in [2.05, 4.69) is 6.92 Å². The van der Waals surface area contributed by atoms with E-state index in [1.54, 1.807) is 12.0 Å². The number of amides is 1. The van der Waals surface area contributed by atoms with Gasteiger partial charge in [-0.3, -0.25) is 9.59 Å². The number of carbonyl (C=O) groups is 2. The van der Waals surface area contributed by atoms with E-state index in [1.165, 1.54) is 0 Å². The highest BCUT2D eigenvalue weighted by molar-refractivity contribution is 5.86. The summed E-state index contributed by atoms with van der Waals surface area (Å²) in [5.41, 5.74) is 0.974. The molecule has 2 rings (SSSR count). The molecular weight excluding hydrogens is 322 g/mol. The molecule has 1 heterocycles. The number of carboxylic acids is 1. The highest BCUT2D eigenvalue weighted by atomic mass is 16.5. The van der Waals surface area contributed by atoms with Crippen molar-refractivity contribution in [2.24, 2.45) is 5.92 Å². The van der Waals surface area contributed by atoms with Crippen LogP contribution in [0.4, 0.5) is 0 Å². The van der Waals surface area contributed by atoms with E-state index in [1.807, 2.05) is 18.2 Å². The molecule has 1 aliphatic heterocycles. The zero-order valence-electron chi connectivity index (χ0n) is 15.0. The van der Waals surface area contributed by atoms with Crippen molar-refractivity contribution in [3.63, 3.8) is 0 Å². The summed E-state index contributed by atoms with van der Waals surface area (Å²) in [7, 11) is 1.61. The van der Waals surface area contributed by atoms with Gasteiger partial charge in [0, 0.05) is 19.5 Å². The molecule has 0 bridgehead atoms. The van der Waals surface area contributed by atoms with Crippen molar-refractivity contribution in [3.8, 4) is 11.5 Å². The van der Waals surface area contributed by atoms with Crippen molar-refractivity contribution in [2.45, 2.75) is 39.0 Å². The fourth-order valence-corrected chi connectivity index (χ4v) is 3.02. The summed E-state index contributed by atoms with van der Waals surface area (Å²) in [6.45, 7) is 3.54. The first-order valence-corrected chi connectivity index (χ1v) is 8.86. The van der Waals surface area contributed by atoms with Gasteiger partial charge in [0.15, 0.2) is 11.5 Å². The van der Waals surface area contributed by atoms with Crippen molar-refractivity contribution in [1.82, 2.24) is 4.90 Å². The van der Waals surface area contributed by atoms with Crippen LogP contribution in [0, 0.1) is 5.92 Å². The molecule has 1 amide bonds. The first-order chi connectivity index (χ1) is 12.1. The summed E-state index contributed by atoms with van der Waals surface area (Å²) in [6.07, 6.45) is 3.93. The second kappa shape index (κ2) is 9.30. The van der Waals surface area contributed by atoms with Crippen molar-refractivity contribution in [2.75, 3.05) is 26.8 Å². The Morgan fingerprint density at radius 3 is 2.80 bits per heavy atom. The van der Waals surface area contributed by atoms with Crippen LogP contribution in [-0.4, -0.2) is 48.7 Å². The molecular formula is C19H27NO5. The fraction of sp³-hybridized carbons (Fsp3) is 0.579. The van der Waals surface area contributed by atoms with Gasteiger partial charge in [0.25, 0.3) is 0 Å². The lowest BCUT2D eigenvalue weighted by Crippen LogP contribution is -2.28. The van der Waals surface area contributed by atoms with E-state index < -0.39 is 11.9 Å². The van der Waals surface area contributed by atoms with Crippen molar-refractivity contribution >= 4 is 11.9 Å². The zero-order valence-corrected chi connectivity index (χ0v) is 15.0. The number of benzene rings is 1. The van der Waals surface area contributed by atoms with Gasteiger partial charge in [0.05, 0.1) is 19.6 Å². The predicted molar refractivity (Wildman–Crippen MR) is 94.0 cm³/mol. The van der Waals surface area contributed by atoms with Crippen molar-refractivity contribution < 1.29 is 24.2 Å². The molecule has 1 aliphatic rings. The second-order valence-corrected chi connectivity index (χ2v) is 6.33. The minimum atomic E-state index is -0.905. The van der Waals surface area contributed by atoms with Gasteiger partial charge in [-0.25, -0.2) is 0 Å². The molecule has 1 unspecified atom stereocenters. The molecule has 1 aromatic rings. The van der Waals surface area contributed by atoms with E-state index in [9.17, 15) is 9.59 Å². The number of para-hydroxylation sites is 1. The topological polar surface area (TPSA) is 76.1 Å². The molecule has 138 valence electrons. The lowest BCUT2D eigenvalue weighted by Gasteiger charge is -2.19. The number of ether oxygens (including phenoxy) is 2. The maximum Gasteiger partial charge on any atom is 0.308 e. The number of nitrogens with zero attached hydrogens (tertiary/aromatic N) is 1. The van der Waals surface area contributed by atoms with Gasteiger partial charge in [-0.05, 0) is 24.5 Å². The smallest absolute Gasteiger partial charge is 0.308 e. The summed E-state index contributed by atoms with van der Waals surface area (Å²) in [6, 6.07) is 5.73. The minimum Gasteiger partial charge on any atom is -0.493 e. The lowest BCUT2D eigenvalue weighted by molar-refractivity contribution is -0.141. The van der Waals surface area contributed by atoms with Gasteiger partial charge < -0.3 is 19.5 Å². The highest BCUT2D eigenvalue weighted by Gasteiger charge is 2.33. The first kappa shape index (κ1) is 19.1. The number of likely N-dealkylation sites (tertiary alicyclic amines) is 1. The number of aliphatic carboxylic acids is 1. The van der Waals surface area contributed by atoms with Crippen LogP contribution in [0.1, 0.15) is 38.2 Å². The number of hydrogen-bond donors (Lipinski definition) is 1. The van der Waals surface area contributed by atoms with Crippen LogP contribution in [0.5, 0.6) is 11.5 Å². The fourth-order valence-electron chi connectivity index (χ4n) is 3.02. The largest absolute Gasteiger partial charge is 0.493 e. The molecule has 1 atom stereocenters. The Labute approximate surface area is 148 Å². The summed E-state index contributed by atoms with van der Waals surface area (Å²) in [5, 5.41) is 9.07. The van der Waals surface area contributed by atoms with Gasteiger partial charge >= 0.3 is 5.97 Å². The third-order valence-electron chi connectivity index (χ3n) is 4.49. The number of methoxy groups -OCH3 is 1. The van der Waals surface area contributed by atoms with Crippen LogP contribution >= 0.6 is 0 Å². The summed E-state index contributed by atoms with van der Waals surface area (Å²) >= 11 is 0. The minimum absolute atomic E-state index is 0.0911.